The second kappa shape index (κ2) is 5.91. The molecule has 0 amide bonds. The molecule has 0 aromatic heterocycles. The Kier molecular flexibility index (Phi) is 4.25. The normalized spacial score (nSPS) is 10.3. The van der Waals surface area contributed by atoms with E-state index in [0.29, 0.717) is 12.1 Å². The van der Waals surface area contributed by atoms with Gasteiger partial charge in [0.05, 0.1) is 0 Å². The summed E-state index contributed by atoms with van der Waals surface area (Å²) >= 11 is 0. The molecule has 0 spiro atoms. The molecule has 0 heterocycles. The summed E-state index contributed by atoms with van der Waals surface area (Å²) in [6.07, 6.45) is 0. The van der Waals surface area contributed by atoms with Crippen molar-refractivity contribution in [2.24, 2.45) is 0 Å². The van der Waals surface area contributed by atoms with E-state index in [1.807, 2.05) is 38.1 Å². The van der Waals surface area contributed by atoms with Gasteiger partial charge in [-0.2, -0.15) is 0 Å². The molecule has 19 heavy (non-hydrogen) atoms. The van der Waals surface area contributed by atoms with Crippen LogP contribution in [0.2, 0.25) is 0 Å². The van der Waals surface area contributed by atoms with Gasteiger partial charge in [-0.1, -0.05) is 42.5 Å². The topological polar surface area (TPSA) is 49.7 Å². The standard InChI is InChI=1S/C15H17BO3/c1-11-5-3-6-12(2)15(11)19-10-13-7-4-8-14(9-13)16(17)18/h3-9,17-18H,10H2,1-2H3. The highest BCUT2D eigenvalue weighted by atomic mass is 16.5. The Morgan fingerprint density at radius 1 is 1.00 bits per heavy atom. The molecule has 0 radical (unpaired) electrons. The predicted octanol–water partition coefficient (Wildman–Crippen LogP) is 1.56. The number of hydrogen-bond acceptors (Lipinski definition) is 3. The van der Waals surface area contributed by atoms with E-state index in [1.165, 1.54) is 0 Å². The van der Waals surface area contributed by atoms with Gasteiger partial charge in [0.25, 0.3) is 0 Å². The summed E-state index contributed by atoms with van der Waals surface area (Å²) < 4.78 is 5.83. The maximum atomic E-state index is 9.14. The molecule has 2 aromatic carbocycles. The summed E-state index contributed by atoms with van der Waals surface area (Å²) in [6, 6.07) is 13.1. The van der Waals surface area contributed by atoms with Gasteiger partial charge >= 0.3 is 7.12 Å². The fraction of sp³-hybridized carbons (Fsp3) is 0.200. The van der Waals surface area contributed by atoms with Crippen molar-refractivity contribution < 1.29 is 14.8 Å². The van der Waals surface area contributed by atoms with E-state index < -0.39 is 7.12 Å². The van der Waals surface area contributed by atoms with Gasteiger partial charge in [0.15, 0.2) is 0 Å². The van der Waals surface area contributed by atoms with Gasteiger partial charge in [0.2, 0.25) is 0 Å². The quantitative estimate of drug-likeness (QED) is 0.816. The largest absolute Gasteiger partial charge is 0.488 e. The lowest BCUT2D eigenvalue weighted by molar-refractivity contribution is 0.302. The Labute approximate surface area is 113 Å². The summed E-state index contributed by atoms with van der Waals surface area (Å²) in [6.45, 7) is 4.43. The Morgan fingerprint density at radius 3 is 2.26 bits per heavy atom. The minimum absolute atomic E-state index is 0.409. The van der Waals surface area contributed by atoms with Gasteiger partial charge in [0.1, 0.15) is 12.4 Å². The van der Waals surface area contributed by atoms with Crippen LogP contribution in [0.3, 0.4) is 0 Å². The monoisotopic (exact) mass is 256 g/mol. The summed E-state index contributed by atoms with van der Waals surface area (Å²) in [4.78, 5) is 0. The maximum absolute atomic E-state index is 9.14. The third kappa shape index (κ3) is 3.37. The van der Waals surface area contributed by atoms with Crippen molar-refractivity contribution in [2.75, 3.05) is 0 Å². The number of para-hydroxylation sites is 1. The van der Waals surface area contributed by atoms with Crippen LogP contribution >= 0.6 is 0 Å². The second-order valence-corrected chi connectivity index (χ2v) is 4.63. The Hall–Kier alpha value is -1.78. The molecule has 2 N–H and O–H groups in total. The molecule has 0 aliphatic carbocycles. The van der Waals surface area contributed by atoms with E-state index in [0.717, 1.165) is 22.4 Å². The number of aryl methyl sites for hydroxylation is 2. The van der Waals surface area contributed by atoms with Crippen molar-refractivity contribution in [1.29, 1.82) is 0 Å². The third-order valence-corrected chi connectivity index (χ3v) is 3.04. The molecule has 2 rings (SSSR count). The van der Waals surface area contributed by atoms with Crippen LogP contribution in [0.4, 0.5) is 0 Å². The molecular weight excluding hydrogens is 239 g/mol. The fourth-order valence-electron chi connectivity index (χ4n) is 2.03. The van der Waals surface area contributed by atoms with Gasteiger partial charge in [0, 0.05) is 0 Å². The van der Waals surface area contributed by atoms with Crippen LogP contribution in [0.15, 0.2) is 42.5 Å². The fourth-order valence-corrected chi connectivity index (χ4v) is 2.03. The van der Waals surface area contributed by atoms with Gasteiger partial charge < -0.3 is 14.8 Å². The van der Waals surface area contributed by atoms with Crippen molar-refractivity contribution >= 4 is 12.6 Å². The molecule has 98 valence electrons. The van der Waals surface area contributed by atoms with E-state index in [1.54, 1.807) is 18.2 Å². The van der Waals surface area contributed by atoms with Crippen molar-refractivity contribution in [3.63, 3.8) is 0 Å². The second-order valence-electron chi connectivity index (χ2n) is 4.63. The highest BCUT2D eigenvalue weighted by molar-refractivity contribution is 6.58. The highest BCUT2D eigenvalue weighted by Gasteiger charge is 2.11. The van der Waals surface area contributed by atoms with Crippen LogP contribution in [0.1, 0.15) is 16.7 Å². The first-order valence-corrected chi connectivity index (χ1v) is 6.22. The Bertz CT molecular complexity index is 547. The summed E-state index contributed by atoms with van der Waals surface area (Å²) in [5.41, 5.74) is 3.58. The van der Waals surface area contributed by atoms with Crippen molar-refractivity contribution in [3.05, 3.63) is 59.2 Å². The van der Waals surface area contributed by atoms with Crippen molar-refractivity contribution in [3.8, 4) is 5.75 Å². The molecule has 0 unspecified atom stereocenters. The van der Waals surface area contributed by atoms with Crippen LogP contribution in [0.25, 0.3) is 0 Å². The van der Waals surface area contributed by atoms with E-state index in [2.05, 4.69) is 0 Å². The Balaban J connectivity index is 2.12. The minimum atomic E-state index is -1.44. The van der Waals surface area contributed by atoms with Crippen LogP contribution in [-0.2, 0) is 6.61 Å². The Morgan fingerprint density at radius 2 is 1.63 bits per heavy atom. The van der Waals surface area contributed by atoms with Crippen LogP contribution in [0.5, 0.6) is 5.75 Å². The first-order valence-electron chi connectivity index (χ1n) is 6.22. The molecule has 0 fully saturated rings. The summed E-state index contributed by atoms with van der Waals surface area (Å²) in [7, 11) is -1.44. The average molecular weight is 256 g/mol. The molecule has 0 aliphatic heterocycles. The molecule has 0 saturated heterocycles. The van der Waals surface area contributed by atoms with E-state index in [4.69, 9.17) is 14.8 Å². The summed E-state index contributed by atoms with van der Waals surface area (Å²) in [5, 5.41) is 18.3. The number of rotatable bonds is 4. The zero-order chi connectivity index (χ0) is 13.8. The number of benzene rings is 2. The van der Waals surface area contributed by atoms with E-state index >= 15 is 0 Å². The maximum Gasteiger partial charge on any atom is 0.488 e. The van der Waals surface area contributed by atoms with Crippen LogP contribution in [-0.4, -0.2) is 17.2 Å². The zero-order valence-electron chi connectivity index (χ0n) is 11.1. The molecule has 0 aliphatic rings. The summed E-state index contributed by atoms with van der Waals surface area (Å²) in [5.74, 6) is 0.887. The number of ether oxygens (including phenoxy) is 1. The lowest BCUT2D eigenvalue weighted by Crippen LogP contribution is -2.29. The van der Waals surface area contributed by atoms with Gasteiger partial charge in [-0.3, -0.25) is 0 Å². The minimum Gasteiger partial charge on any atom is -0.488 e. The SMILES string of the molecule is Cc1cccc(C)c1OCc1cccc(B(O)O)c1. The molecule has 2 aromatic rings. The van der Waals surface area contributed by atoms with Crippen molar-refractivity contribution in [2.45, 2.75) is 20.5 Å². The zero-order valence-corrected chi connectivity index (χ0v) is 11.1. The lowest BCUT2D eigenvalue weighted by Gasteiger charge is -2.12. The first kappa shape index (κ1) is 13.7. The highest BCUT2D eigenvalue weighted by Crippen LogP contribution is 2.23. The first-order chi connectivity index (χ1) is 9.08. The van der Waals surface area contributed by atoms with E-state index in [-0.39, 0.29) is 0 Å². The lowest BCUT2D eigenvalue weighted by atomic mass is 9.80. The smallest absolute Gasteiger partial charge is 0.488 e. The molecular formula is C15H17BO3. The molecule has 3 nitrogen and oxygen atoms in total. The predicted molar refractivity (Wildman–Crippen MR) is 76.5 cm³/mol. The van der Waals surface area contributed by atoms with Crippen LogP contribution < -0.4 is 10.2 Å². The number of hydrogen-bond donors (Lipinski definition) is 2. The van der Waals surface area contributed by atoms with Gasteiger partial charge in [-0.05, 0) is 36.0 Å². The van der Waals surface area contributed by atoms with E-state index in [9.17, 15) is 0 Å². The molecule has 0 atom stereocenters. The van der Waals surface area contributed by atoms with Gasteiger partial charge in [-0.15, -0.1) is 0 Å². The molecule has 0 bridgehead atoms. The third-order valence-electron chi connectivity index (χ3n) is 3.04. The average Bonchev–Trinajstić information content (AvgIpc) is 2.38. The van der Waals surface area contributed by atoms with Crippen LogP contribution in [0, 0.1) is 13.8 Å². The van der Waals surface area contributed by atoms with Gasteiger partial charge in [-0.25, -0.2) is 0 Å². The van der Waals surface area contributed by atoms with Crippen molar-refractivity contribution in [1.82, 2.24) is 0 Å². The molecule has 4 heteroatoms. The molecule has 0 saturated carbocycles.